The van der Waals surface area contributed by atoms with Crippen LogP contribution in [0, 0.1) is 6.92 Å². The zero-order valence-electron chi connectivity index (χ0n) is 9.59. The molecule has 0 aliphatic carbocycles. The summed E-state index contributed by atoms with van der Waals surface area (Å²) in [6.07, 6.45) is 1.53. The highest BCUT2D eigenvalue weighted by molar-refractivity contribution is 9.10. The summed E-state index contributed by atoms with van der Waals surface area (Å²) in [5, 5.41) is 0. The van der Waals surface area contributed by atoms with Crippen molar-refractivity contribution in [2.45, 2.75) is 11.8 Å². The molecule has 4 nitrogen and oxygen atoms in total. The summed E-state index contributed by atoms with van der Waals surface area (Å²) in [4.78, 5) is 4.20. The van der Waals surface area contributed by atoms with Gasteiger partial charge in [-0.1, -0.05) is 12.1 Å². The van der Waals surface area contributed by atoms with Crippen LogP contribution in [0.4, 0.5) is 5.82 Å². The molecular weight excluding hydrogens is 316 g/mol. The molecule has 0 saturated carbocycles. The molecule has 1 aromatic heterocycles. The monoisotopic (exact) mass is 326 g/mol. The molecule has 0 aliphatic heterocycles. The number of benzene rings is 1. The van der Waals surface area contributed by atoms with Gasteiger partial charge < -0.3 is 0 Å². The van der Waals surface area contributed by atoms with Gasteiger partial charge in [-0.3, -0.25) is 4.72 Å². The Morgan fingerprint density at radius 1 is 1.22 bits per heavy atom. The smallest absolute Gasteiger partial charge is 0.262 e. The second-order valence-electron chi connectivity index (χ2n) is 3.76. The highest BCUT2D eigenvalue weighted by Crippen LogP contribution is 2.22. The van der Waals surface area contributed by atoms with E-state index < -0.39 is 10.0 Å². The van der Waals surface area contributed by atoms with Gasteiger partial charge >= 0.3 is 0 Å². The van der Waals surface area contributed by atoms with Crippen LogP contribution in [0.3, 0.4) is 0 Å². The Bertz CT molecular complexity index is 671. The Hall–Kier alpha value is -1.40. The lowest BCUT2D eigenvalue weighted by molar-refractivity contribution is 0.601. The van der Waals surface area contributed by atoms with Crippen LogP contribution in [0.25, 0.3) is 0 Å². The van der Waals surface area contributed by atoms with Crippen molar-refractivity contribution in [2.75, 3.05) is 4.72 Å². The first-order chi connectivity index (χ1) is 8.49. The lowest BCUT2D eigenvalue weighted by Crippen LogP contribution is -2.14. The number of nitrogens with zero attached hydrogens (tertiary/aromatic N) is 1. The topological polar surface area (TPSA) is 59.1 Å². The molecule has 0 unspecified atom stereocenters. The number of pyridine rings is 1. The van der Waals surface area contributed by atoms with Crippen molar-refractivity contribution in [3.8, 4) is 0 Å². The van der Waals surface area contributed by atoms with Gasteiger partial charge in [0.25, 0.3) is 10.0 Å². The van der Waals surface area contributed by atoms with E-state index in [4.69, 9.17) is 0 Å². The number of anilines is 1. The standard InChI is InChI=1S/C12H11BrN2O2S/c1-9-4-2-5-10(8-9)18(16,17)15-12-11(13)6-3-7-14-12/h2-8H,1H3,(H,14,15). The van der Waals surface area contributed by atoms with Crippen LogP contribution in [-0.2, 0) is 10.0 Å². The highest BCUT2D eigenvalue weighted by Gasteiger charge is 2.15. The fraction of sp³-hybridized carbons (Fsp3) is 0.0833. The van der Waals surface area contributed by atoms with Crippen molar-refractivity contribution in [1.29, 1.82) is 0 Å². The summed E-state index contributed by atoms with van der Waals surface area (Å²) >= 11 is 3.25. The summed E-state index contributed by atoms with van der Waals surface area (Å²) in [7, 11) is -3.60. The molecule has 94 valence electrons. The van der Waals surface area contributed by atoms with Crippen molar-refractivity contribution in [3.05, 3.63) is 52.6 Å². The number of nitrogens with one attached hydrogen (secondary N) is 1. The molecule has 0 spiro atoms. The van der Waals surface area contributed by atoms with Crippen LogP contribution in [0.15, 0.2) is 52.0 Å². The molecule has 0 radical (unpaired) electrons. The predicted octanol–water partition coefficient (Wildman–Crippen LogP) is 2.95. The molecule has 6 heteroatoms. The predicted molar refractivity (Wildman–Crippen MR) is 73.9 cm³/mol. The maximum atomic E-state index is 12.1. The zero-order valence-corrected chi connectivity index (χ0v) is 12.0. The number of hydrogen-bond acceptors (Lipinski definition) is 3. The van der Waals surface area contributed by atoms with Crippen molar-refractivity contribution in [1.82, 2.24) is 4.98 Å². The van der Waals surface area contributed by atoms with Gasteiger partial charge in [-0.2, -0.15) is 0 Å². The van der Waals surface area contributed by atoms with E-state index in [-0.39, 0.29) is 10.7 Å². The van der Waals surface area contributed by atoms with Gasteiger partial charge in [-0.25, -0.2) is 13.4 Å². The first-order valence-corrected chi connectivity index (χ1v) is 7.47. The van der Waals surface area contributed by atoms with Gasteiger partial charge in [0.15, 0.2) is 5.82 Å². The fourth-order valence-corrected chi connectivity index (χ4v) is 3.05. The van der Waals surface area contributed by atoms with Gasteiger partial charge in [0, 0.05) is 6.20 Å². The molecule has 0 saturated heterocycles. The van der Waals surface area contributed by atoms with Crippen LogP contribution in [0.1, 0.15) is 5.56 Å². The normalized spacial score (nSPS) is 11.2. The van der Waals surface area contributed by atoms with E-state index in [0.29, 0.717) is 4.47 Å². The van der Waals surface area contributed by atoms with E-state index in [0.717, 1.165) is 5.56 Å². The molecule has 2 rings (SSSR count). The van der Waals surface area contributed by atoms with E-state index >= 15 is 0 Å². The van der Waals surface area contributed by atoms with Crippen molar-refractivity contribution in [2.24, 2.45) is 0 Å². The SMILES string of the molecule is Cc1cccc(S(=O)(=O)Nc2ncccc2Br)c1. The number of aromatic nitrogens is 1. The van der Waals surface area contributed by atoms with Gasteiger partial charge in [0.1, 0.15) is 0 Å². The van der Waals surface area contributed by atoms with Crippen LogP contribution < -0.4 is 4.72 Å². The Kier molecular flexibility index (Phi) is 3.68. The first-order valence-electron chi connectivity index (χ1n) is 5.19. The lowest BCUT2D eigenvalue weighted by Gasteiger charge is -2.08. The number of rotatable bonds is 3. The van der Waals surface area contributed by atoms with Crippen LogP contribution in [0.5, 0.6) is 0 Å². The van der Waals surface area contributed by atoms with E-state index in [2.05, 4.69) is 25.6 Å². The Balaban J connectivity index is 2.37. The Morgan fingerprint density at radius 2 is 2.00 bits per heavy atom. The second kappa shape index (κ2) is 5.07. The summed E-state index contributed by atoms with van der Waals surface area (Å²) in [6, 6.07) is 10.1. The van der Waals surface area contributed by atoms with Crippen LogP contribution >= 0.6 is 15.9 Å². The number of halogens is 1. The van der Waals surface area contributed by atoms with Gasteiger partial charge in [-0.15, -0.1) is 0 Å². The molecule has 0 amide bonds. The Morgan fingerprint density at radius 3 is 2.67 bits per heavy atom. The minimum Gasteiger partial charge on any atom is -0.262 e. The first kappa shape index (κ1) is 13.0. The van der Waals surface area contributed by atoms with Crippen molar-refractivity contribution >= 4 is 31.8 Å². The number of sulfonamides is 1. The second-order valence-corrected chi connectivity index (χ2v) is 6.29. The molecule has 1 aromatic carbocycles. The third-order valence-electron chi connectivity index (χ3n) is 2.29. The van der Waals surface area contributed by atoms with Gasteiger partial charge in [0.2, 0.25) is 0 Å². The number of aryl methyl sites for hydroxylation is 1. The van der Waals surface area contributed by atoms with E-state index in [1.54, 1.807) is 30.3 Å². The molecule has 2 aromatic rings. The van der Waals surface area contributed by atoms with Gasteiger partial charge in [-0.05, 0) is 52.7 Å². The maximum absolute atomic E-state index is 12.1. The van der Waals surface area contributed by atoms with E-state index in [9.17, 15) is 8.42 Å². The molecule has 0 fully saturated rings. The van der Waals surface area contributed by atoms with E-state index in [1.807, 2.05) is 13.0 Å². The van der Waals surface area contributed by atoms with E-state index in [1.165, 1.54) is 6.20 Å². The minimum absolute atomic E-state index is 0.222. The Labute approximate surface area is 114 Å². The molecule has 0 bridgehead atoms. The molecule has 1 N–H and O–H groups in total. The van der Waals surface area contributed by atoms with Crippen LogP contribution in [0.2, 0.25) is 0 Å². The summed E-state index contributed by atoms with van der Waals surface area (Å²) in [5.41, 5.74) is 0.887. The largest absolute Gasteiger partial charge is 0.263 e. The minimum atomic E-state index is -3.60. The maximum Gasteiger partial charge on any atom is 0.263 e. The van der Waals surface area contributed by atoms with Crippen molar-refractivity contribution < 1.29 is 8.42 Å². The van der Waals surface area contributed by atoms with Crippen molar-refractivity contribution in [3.63, 3.8) is 0 Å². The molecule has 0 aliphatic rings. The summed E-state index contributed by atoms with van der Waals surface area (Å²) in [6.45, 7) is 1.84. The lowest BCUT2D eigenvalue weighted by atomic mass is 10.2. The zero-order chi connectivity index (χ0) is 13.2. The fourth-order valence-electron chi connectivity index (χ4n) is 1.43. The number of hydrogen-bond donors (Lipinski definition) is 1. The third-order valence-corrected chi connectivity index (χ3v) is 4.27. The molecule has 1 heterocycles. The average Bonchev–Trinajstić information content (AvgIpc) is 2.32. The molecule has 18 heavy (non-hydrogen) atoms. The van der Waals surface area contributed by atoms with Crippen LogP contribution in [-0.4, -0.2) is 13.4 Å². The third kappa shape index (κ3) is 2.88. The molecular formula is C12H11BrN2O2S. The summed E-state index contributed by atoms with van der Waals surface area (Å²) in [5.74, 6) is 0.277. The quantitative estimate of drug-likeness (QED) is 0.943. The highest BCUT2D eigenvalue weighted by atomic mass is 79.9. The summed E-state index contributed by atoms with van der Waals surface area (Å²) < 4.78 is 27.3. The molecule has 0 atom stereocenters. The average molecular weight is 327 g/mol. The van der Waals surface area contributed by atoms with Gasteiger partial charge in [0.05, 0.1) is 9.37 Å².